The third kappa shape index (κ3) is 3.35. The highest BCUT2D eigenvalue weighted by atomic mass is 35.5. The number of benzene rings is 1. The van der Waals surface area contributed by atoms with Crippen molar-refractivity contribution in [3.8, 4) is 11.1 Å². The first-order valence-corrected chi connectivity index (χ1v) is 7.09. The van der Waals surface area contributed by atoms with Gasteiger partial charge in [-0.1, -0.05) is 64.1 Å². The number of aromatic nitrogens is 1. The van der Waals surface area contributed by atoms with Crippen molar-refractivity contribution >= 4 is 58.0 Å². The Hall–Kier alpha value is -0.390. The topological polar surface area (TPSA) is 12.9 Å². The van der Waals surface area contributed by atoms with E-state index in [1.165, 1.54) is 12.1 Å². The summed E-state index contributed by atoms with van der Waals surface area (Å²) in [7, 11) is 0. The monoisotopic (exact) mass is 393 g/mol. The number of alkyl halides is 3. The molecular weight excluding hydrogens is 392 g/mol. The molecule has 1 aromatic carbocycles. The molecule has 0 fully saturated rings. The number of pyridine rings is 1. The molecule has 1 aromatic heterocycles. The Bertz CT molecular complexity index is 692. The minimum atomic E-state index is -4.66. The van der Waals surface area contributed by atoms with Crippen LogP contribution in [0.5, 0.6) is 0 Å². The summed E-state index contributed by atoms with van der Waals surface area (Å²) in [4.78, 5) is 3.30. The molecule has 21 heavy (non-hydrogen) atoms. The number of rotatable bonds is 1. The van der Waals surface area contributed by atoms with Gasteiger partial charge in [0.2, 0.25) is 0 Å². The molecule has 0 aliphatic heterocycles. The highest BCUT2D eigenvalue weighted by Gasteiger charge is 2.34. The number of hydrogen-bond acceptors (Lipinski definition) is 1. The fourth-order valence-corrected chi connectivity index (χ4v) is 2.86. The molecule has 1 heterocycles. The Kier molecular flexibility index (Phi) is 4.86. The van der Waals surface area contributed by atoms with E-state index >= 15 is 0 Å². The summed E-state index contributed by atoms with van der Waals surface area (Å²) in [5.74, 6) is 0. The van der Waals surface area contributed by atoms with E-state index in [2.05, 4.69) is 4.98 Å². The number of halogens is 8. The van der Waals surface area contributed by atoms with Crippen molar-refractivity contribution in [2.75, 3.05) is 0 Å². The summed E-state index contributed by atoms with van der Waals surface area (Å²) < 4.78 is 37.9. The second-order valence-corrected chi connectivity index (χ2v) is 5.80. The summed E-state index contributed by atoms with van der Waals surface area (Å²) in [6, 6.07) is 3.54. The highest BCUT2D eigenvalue weighted by molar-refractivity contribution is 6.49. The summed E-state index contributed by atoms with van der Waals surface area (Å²) >= 11 is 29.4. The number of nitrogens with zero attached hydrogens (tertiary/aromatic N) is 1. The molecule has 2 aromatic rings. The second kappa shape index (κ2) is 6.01. The standard InChI is InChI=1S/C12H3Cl5F3N/c13-5-2-1-4(9(15)10(5)16)8-6(14)3-7(12(18,19)20)21-11(8)17/h1-3H. The molecule has 0 aliphatic carbocycles. The van der Waals surface area contributed by atoms with Crippen LogP contribution in [0.2, 0.25) is 25.2 Å². The zero-order valence-electron chi connectivity index (χ0n) is 9.70. The zero-order chi connectivity index (χ0) is 15.9. The van der Waals surface area contributed by atoms with Crippen LogP contribution in [-0.2, 0) is 6.18 Å². The van der Waals surface area contributed by atoms with E-state index in [1.54, 1.807) is 0 Å². The van der Waals surface area contributed by atoms with Crippen LogP contribution in [0.1, 0.15) is 5.69 Å². The molecule has 0 saturated heterocycles. The molecular formula is C12H3Cl5F3N. The summed E-state index contributed by atoms with van der Waals surface area (Å²) in [5.41, 5.74) is -0.908. The average molecular weight is 395 g/mol. The van der Waals surface area contributed by atoms with Gasteiger partial charge >= 0.3 is 6.18 Å². The lowest BCUT2D eigenvalue weighted by Gasteiger charge is -2.13. The van der Waals surface area contributed by atoms with Crippen LogP contribution in [-0.4, -0.2) is 4.98 Å². The molecule has 0 spiro atoms. The van der Waals surface area contributed by atoms with Gasteiger partial charge in [0.1, 0.15) is 10.8 Å². The van der Waals surface area contributed by atoms with E-state index in [-0.39, 0.29) is 31.2 Å². The molecule has 0 radical (unpaired) electrons. The number of hydrogen-bond donors (Lipinski definition) is 0. The van der Waals surface area contributed by atoms with Crippen molar-refractivity contribution in [3.63, 3.8) is 0 Å². The van der Waals surface area contributed by atoms with E-state index in [0.29, 0.717) is 6.07 Å². The van der Waals surface area contributed by atoms with E-state index in [9.17, 15) is 13.2 Å². The van der Waals surface area contributed by atoms with Crippen LogP contribution in [0.15, 0.2) is 18.2 Å². The lowest BCUT2D eigenvalue weighted by atomic mass is 10.1. The zero-order valence-corrected chi connectivity index (χ0v) is 13.5. The minimum absolute atomic E-state index is 0.0227. The van der Waals surface area contributed by atoms with Crippen molar-refractivity contribution < 1.29 is 13.2 Å². The van der Waals surface area contributed by atoms with Gasteiger partial charge in [-0.25, -0.2) is 4.98 Å². The fourth-order valence-electron chi connectivity index (χ4n) is 1.59. The van der Waals surface area contributed by atoms with Gasteiger partial charge in [0.05, 0.1) is 20.1 Å². The summed E-state index contributed by atoms with van der Waals surface area (Å²) in [6.45, 7) is 0. The predicted molar refractivity (Wildman–Crippen MR) is 79.7 cm³/mol. The van der Waals surface area contributed by atoms with Crippen LogP contribution < -0.4 is 0 Å². The lowest BCUT2D eigenvalue weighted by molar-refractivity contribution is -0.141. The molecule has 2 rings (SSSR count). The maximum Gasteiger partial charge on any atom is 0.433 e. The molecule has 0 amide bonds. The van der Waals surface area contributed by atoms with E-state index < -0.39 is 17.0 Å². The van der Waals surface area contributed by atoms with E-state index in [1.807, 2.05) is 0 Å². The van der Waals surface area contributed by atoms with Crippen molar-refractivity contribution in [3.05, 3.63) is 49.1 Å². The van der Waals surface area contributed by atoms with Crippen LogP contribution in [0, 0.1) is 0 Å². The van der Waals surface area contributed by atoms with Crippen LogP contribution >= 0.6 is 58.0 Å². The highest BCUT2D eigenvalue weighted by Crippen LogP contribution is 2.44. The minimum Gasteiger partial charge on any atom is -0.231 e. The quantitative estimate of drug-likeness (QED) is 0.373. The van der Waals surface area contributed by atoms with Gasteiger partial charge in [-0.05, 0) is 12.1 Å². The summed E-state index contributed by atoms with van der Waals surface area (Å²) in [5, 5.41) is -0.423. The fraction of sp³-hybridized carbons (Fsp3) is 0.0833. The first kappa shape index (κ1) is 17.0. The molecule has 112 valence electrons. The van der Waals surface area contributed by atoms with Crippen LogP contribution in [0.25, 0.3) is 11.1 Å². The average Bonchev–Trinajstić information content (AvgIpc) is 2.36. The third-order valence-corrected chi connectivity index (χ3v) is 4.39. The van der Waals surface area contributed by atoms with Crippen molar-refractivity contribution in [1.29, 1.82) is 0 Å². The maximum absolute atomic E-state index is 12.6. The van der Waals surface area contributed by atoms with E-state index in [0.717, 1.165) is 0 Å². The van der Waals surface area contributed by atoms with Crippen molar-refractivity contribution in [2.24, 2.45) is 0 Å². The van der Waals surface area contributed by atoms with Crippen molar-refractivity contribution in [1.82, 2.24) is 4.98 Å². The molecule has 1 nitrogen and oxygen atoms in total. The first-order chi connectivity index (χ1) is 9.62. The Balaban J connectivity index is 2.69. The lowest BCUT2D eigenvalue weighted by Crippen LogP contribution is -2.08. The largest absolute Gasteiger partial charge is 0.433 e. The Morgan fingerprint density at radius 1 is 0.857 bits per heavy atom. The molecule has 0 unspecified atom stereocenters. The SMILES string of the molecule is FC(F)(F)c1cc(Cl)c(-c2ccc(Cl)c(Cl)c2Cl)c(Cl)n1. The Labute approximate surface area is 142 Å². The molecule has 0 bridgehead atoms. The van der Waals surface area contributed by atoms with Gasteiger partial charge in [0.15, 0.2) is 0 Å². The molecule has 0 atom stereocenters. The maximum atomic E-state index is 12.6. The smallest absolute Gasteiger partial charge is 0.231 e. The molecule has 0 N–H and O–H groups in total. The predicted octanol–water partition coefficient (Wildman–Crippen LogP) is 7.03. The van der Waals surface area contributed by atoms with Gasteiger partial charge in [-0.2, -0.15) is 13.2 Å². The second-order valence-electron chi connectivity index (χ2n) is 3.88. The molecule has 0 aliphatic rings. The summed E-state index contributed by atoms with van der Waals surface area (Å²) in [6.07, 6.45) is -4.66. The third-order valence-electron chi connectivity index (χ3n) is 2.52. The first-order valence-electron chi connectivity index (χ1n) is 5.20. The Morgan fingerprint density at radius 2 is 1.48 bits per heavy atom. The van der Waals surface area contributed by atoms with Crippen LogP contribution in [0.4, 0.5) is 13.2 Å². The van der Waals surface area contributed by atoms with Gasteiger partial charge in [-0.3, -0.25) is 0 Å². The van der Waals surface area contributed by atoms with Gasteiger partial charge in [-0.15, -0.1) is 0 Å². The molecule has 0 saturated carbocycles. The van der Waals surface area contributed by atoms with Gasteiger partial charge < -0.3 is 0 Å². The molecule has 9 heteroatoms. The van der Waals surface area contributed by atoms with Gasteiger partial charge in [0, 0.05) is 11.1 Å². The van der Waals surface area contributed by atoms with Gasteiger partial charge in [0.25, 0.3) is 0 Å². The normalized spacial score (nSPS) is 11.8. The van der Waals surface area contributed by atoms with E-state index in [4.69, 9.17) is 58.0 Å². The van der Waals surface area contributed by atoms with Crippen LogP contribution in [0.3, 0.4) is 0 Å². The Morgan fingerprint density at radius 3 is 2.00 bits per heavy atom. The van der Waals surface area contributed by atoms with Crippen molar-refractivity contribution in [2.45, 2.75) is 6.18 Å².